The van der Waals surface area contributed by atoms with Gasteiger partial charge in [-0.25, -0.2) is 0 Å². The van der Waals surface area contributed by atoms with Crippen LogP contribution in [0, 0.1) is 0 Å². The van der Waals surface area contributed by atoms with Gasteiger partial charge in [-0.2, -0.15) is 0 Å². The summed E-state index contributed by atoms with van der Waals surface area (Å²) < 4.78 is 0. The van der Waals surface area contributed by atoms with Crippen LogP contribution in [0.25, 0.3) is 0 Å². The second-order valence-corrected chi connectivity index (χ2v) is 6.95. The van der Waals surface area contributed by atoms with Gasteiger partial charge in [0.15, 0.2) is 0 Å². The molecule has 0 bridgehead atoms. The van der Waals surface area contributed by atoms with Gasteiger partial charge in [-0.05, 0) is 12.6 Å². The second-order valence-electron chi connectivity index (χ2n) is 3.26. The molecule has 0 unspecified atom stereocenters. The van der Waals surface area contributed by atoms with E-state index in [1.165, 1.54) is 0 Å². The van der Waals surface area contributed by atoms with Crippen molar-refractivity contribution in [2.45, 2.75) is 31.9 Å². The fourth-order valence-electron chi connectivity index (χ4n) is 0.642. The van der Waals surface area contributed by atoms with Gasteiger partial charge in [0.1, 0.15) is 0 Å². The van der Waals surface area contributed by atoms with Gasteiger partial charge in [0.25, 0.3) is 0 Å². The Morgan fingerprint density at radius 3 is 1.90 bits per heavy atom. The lowest BCUT2D eigenvalue weighted by molar-refractivity contribution is 0.310. The summed E-state index contributed by atoms with van der Waals surface area (Å²) in [7, 11) is -3.03. The van der Waals surface area contributed by atoms with Crippen LogP contribution in [0.15, 0.2) is 0 Å². The molecular weight excluding hydrogens is 146 g/mol. The van der Waals surface area contributed by atoms with Crippen molar-refractivity contribution in [1.29, 1.82) is 0 Å². The highest BCUT2D eigenvalue weighted by Gasteiger charge is 2.43. The summed E-state index contributed by atoms with van der Waals surface area (Å²) in [6.45, 7) is 5.70. The van der Waals surface area contributed by atoms with Crippen LogP contribution in [-0.2, 0) is 0 Å². The molecule has 10 heavy (non-hydrogen) atoms. The molecule has 62 valence electrons. The zero-order valence-electron chi connectivity index (χ0n) is 6.89. The molecule has 0 saturated heterocycles. The van der Waals surface area contributed by atoms with Gasteiger partial charge in [0.2, 0.25) is 0 Å². The van der Waals surface area contributed by atoms with Crippen molar-refractivity contribution in [1.82, 2.24) is 0 Å². The van der Waals surface area contributed by atoms with Gasteiger partial charge in [0.05, 0.1) is 0 Å². The van der Waals surface area contributed by atoms with Crippen molar-refractivity contribution in [3.8, 4) is 0 Å². The minimum absolute atomic E-state index is 0.333. The van der Waals surface area contributed by atoms with E-state index in [1.54, 1.807) is 20.8 Å². The van der Waals surface area contributed by atoms with E-state index >= 15 is 0 Å². The fraction of sp³-hybridized carbons (Fsp3) is 1.00. The highest BCUT2D eigenvalue weighted by molar-refractivity contribution is 6.67. The number of hydrogen-bond acceptors (Lipinski definition) is 3. The van der Waals surface area contributed by atoms with Crippen LogP contribution >= 0.6 is 0 Å². The first-order valence-electron chi connectivity index (χ1n) is 3.52. The zero-order chi connectivity index (χ0) is 8.41. The minimum Gasteiger partial charge on any atom is -0.410 e. The summed E-state index contributed by atoms with van der Waals surface area (Å²) in [6.07, 6.45) is 0. The van der Waals surface area contributed by atoms with Crippen LogP contribution in [-0.4, -0.2) is 24.7 Å². The molecule has 0 aromatic heterocycles. The lowest BCUT2D eigenvalue weighted by Crippen LogP contribution is -2.48. The molecule has 0 aliphatic carbocycles. The highest BCUT2D eigenvalue weighted by atomic mass is 28.4. The molecule has 0 heterocycles. The van der Waals surface area contributed by atoms with Crippen LogP contribution in [0.3, 0.4) is 0 Å². The molecule has 0 saturated carbocycles. The van der Waals surface area contributed by atoms with Crippen LogP contribution in [0.4, 0.5) is 0 Å². The van der Waals surface area contributed by atoms with Crippen molar-refractivity contribution in [2.75, 3.05) is 6.54 Å². The Morgan fingerprint density at radius 1 is 1.40 bits per heavy atom. The molecule has 4 N–H and O–H groups in total. The Hall–Kier alpha value is 0.0969. The zero-order valence-corrected chi connectivity index (χ0v) is 7.89. The van der Waals surface area contributed by atoms with Gasteiger partial charge >= 0.3 is 8.56 Å². The molecule has 0 radical (unpaired) electrons. The predicted molar refractivity (Wildman–Crippen MR) is 43.8 cm³/mol. The molecular formula is C6H17NO2Si. The Labute approximate surface area is 63.1 Å². The third-order valence-corrected chi connectivity index (χ3v) is 5.45. The molecule has 0 aromatic carbocycles. The highest BCUT2D eigenvalue weighted by Crippen LogP contribution is 2.33. The van der Waals surface area contributed by atoms with E-state index in [0.717, 1.165) is 0 Å². The number of nitrogens with two attached hydrogens (primary N) is 1. The Kier molecular flexibility index (Phi) is 3.03. The number of hydrogen-bond donors (Lipinski definition) is 3. The van der Waals surface area contributed by atoms with E-state index in [1.807, 2.05) is 0 Å². The molecule has 0 aliphatic heterocycles. The van der Waals surface area contributed by atoms with E-state index in [9.17, 15) is 9.59 Å². The third kappa shape index (κ3) is 1.79. The summed E-state index contributed by atoms with van der Waals surface area (Å²) >= 11 is 0. The standard InChI is InChI=1S/C6H17NO2Si/c1-4-10(8,9)6(2,3)5-7/h8-9H,4-5,7H2,1-3H3. The van der Waals surface area contributed by atoms with Crippen molar-refractivity contribution >= 4 is 8.56 Å². The maximum atomic E-state index is 9.47. The van der Waals surface area contributed by atoms with E-state index in [2.05, 4.69) is 0 Å². The van der Waals surface area contributed by atoms with Crippen LogP contribution in [0.2, 0.25) is 11.1 Å². The quantitative estimate of drug-likeness (QED) is 0.520. The van der Waals surface area contributed by atoms with E-state index < -0.39 is 13.6 Å². The maximum absolute atomic E-state index is 9.47. The van der Waals surface area contributed by atoms with Gasteiger partial charge < -0.3 is 15.3 Å². The largest absolute Gasteiger partial charge is 0.410 e. The molecule has 0 rings (SSSR count). The van der Waals surface area contributed by atoms with Gasteiger partial charge in [-0.1, -0.05) is 20.8 Å². The maximum Gasteiger partial charge on any atom is 0.339 e. The topological polar surface area (TPSA) is 66.5 Å². The molecule has 4 heteroatoms. The average molecular weight is 163 g/mol. The van der Waals surface area contributed by atoms with Gasteiger partial charge in [-0.15, -0.1) is 0 Å². The van der Waals surface area contributed by atoms with Gasteiger partial charge in [-0.3, -0.25) is 0 Å². The molecule has 0 fully saturated rings. The van der Waals surface area contributed by atoms with E-state index in [0.29, 0.717) is 12.6 Å². The van der Waals surface area contributed by atoms with Crippen molar-refractivity contribution in [3.05, 3.63) is 0 Å². The lowest BCUT2D eigenvalue weighted by atomic mass is 10.2. The van der Waals surface area contributed by atoms with Crippen LogP contribution in [0.1, 0.15) is 20.8 Å². The first-order valence-corrected chi connectivity index (χ1v) is 5.62. The molecule has 0 aliphatic rings. The fourth-order valence-corrected chi connectivity index (χ4v) is 1.93. The molecule has 0 amide bonds. The van der Waals surface area contributed by atoms with Crippen molar-refractivity contribution in [2.24, 2.45) is 5.73 Å². The molecule has 3 nitrogen and oxygen atoms in total. The third-order valence-electron chi connectivity index (χ3n) is 2.09. The Morgan fingerprint density at radius 2 is 1.80 bits per heavy atom. The average Bonchev–Trinajstić information content (AvgIpc) is 1.88. The van der Waals surface area contributed by atoms with Crippen molar-refractivity contribution in [3.63, 3.8) is 0 Å². The normalized spacial score (nSPS) is 13.8. The van der Waals surface area contributed by atoms with E-state index in [-0.39, 0.29) is 0 Å². The molecule has 0 spiro atoms. The summed E-state index contributed by atoms with van der Waals surface area (Å²) in [6, 6.07) is 0.442. The lowest BCUT2D eigenvalue weighted by Gasteiger charge is -2.33. The van der Waals surface area contributed by atoms with Gasteiger partial charge in [0, 0.05) is 5.04 Å². The van der Waals surface area contributed by atoms with E-state index in [4.69, 9.17) is 5.73 Å². The summed E-state index contributed by atoms with van der Waals surface area (Å²) in [5.41, 5.74) is 5.38. The first-order chi connectivity index (χ1) is 4.37. The summed E-state index contributed by atoms with van der Waals surface area (Å²) in [5, 5.41) is -0.484. The Balaban J connectivity index is 4.28. The molecule has 0 atom stereocenters. The predicted octanol–water partition coefficient (Wildman–Crippen LogP) is 0.172. The summed E-state index contributed by atoms with van der Waals surface area (Å²) in [4.78, 5) is 18.9. The number of rotatable bonds is 3. The smallest absolute Gasteiger partial charge is 0.339 e. The van der Waals surface area contributed by atoms with Crippen molar-refractivity contribution < 1.29 is 9.59 Å². The second kappa shape index (κ2) is 3.00. The first kappa shape index (κ1) is 10.1. The Bertz CT molecular complexity index is 100. The molecule has 0 aromatic rings. The SMILES string of the molecule is CC[Si](O)(O)C(C)(C)CN. The minimum atomic E-state index is -3.03. The summed E-state index contributed by atoms with van der Waals surface area (Å²) in [5.74, 6) is 0. The monoisotopic (exact) mass is 163 g/mol. The van der Waals surface area contributed by atoms with Crippen LogP contribution < -0.4 is 5.73 Å². The van der Waals surface area contributed by atoms with Crippen LogP contribution in [0.5, 0.6) is 0 Å².